The molecule has 0 saturated carbocycles. The minimum atomic E-state index is -3.80. The Morgan fingerprint density at radius 3 is 2.65 bits per heavy atom. The predicted molar refractivity (Wildman–Crippen MR) is 81.1 cm³/mol. The largest absolute Gasteiger partial charge is 0.398 e. The maximum absolute atomic E-state index is 12.3. The van der Waals surface area contributed by atoms with Crippen molar-refractivity contribution in [3.05, 3.63) is 39.7 Å². The molecule has 1 aromatic carbocycles. The third kappa shape index (κ3) is 3.20. The third-order valence-electron chi connectivity index (χ3n) is 2.46. The van der Waals surface area contributed by atoms with Crippen LogP contribution in [0.2, 0.25) is 5.15 Å². The maximum Gasteiger partial charge on any atom is 0.263 e. The van der Waals surface area contributed by atoms with Gasteiger partial charge in [0.05, 0.1) is 4.90 Å². The Labute approximate surface area is 129 Å². The summed E-state index contributed by atoms with van der Waals surface area (Å²) in [5.41, 5.74) is 6.60. The Kier molecular flexibility index (Phi) is 4.17. The maximum atomic E-state index is 12.3. The third-order valence-corrected chi connectivity index (χ3v) is 4.85. The van der Waals surface area contributed by atoms with Crippen LogP contribution in [0.15, 0.2) is 33.9 Å². The van der Waals surface area contributed by atoms with E-state index in [0.717, 1.165) is 0 Å². The molecule has 2 rings (SSSR count). The molecule has 3 N–H and O–H groups in total. The van der Waals surface area contributed by atoms with E-state index in [1.165, 1.54) is 18.5 Å². The van der Waals surface area contributed by atoms with Crippen LogP contribution in [0.3, 0.4) is 0 Å². The van der Waals surface area contributed by atoms with E-state index in [2.05, 4.69) is 30.6 Å². The zero-order valence-electron chi connectivity index (χ0n) is 10.3. The molecule has 0 saturated heterocycles. The Hall–Kier alpha value is -1.38. The molecule has 2 aromatic rings. The number of nitrogens with one attached hydrogen (secondary N) is 1. The lowest BCUT2D eigenvalue weighted by molar-refractivity contribution is 0.600. The minimum Gasteiger partial charge on any atom is -0.398 e. The van der Waals surface area contributed by atoms with Crippen molar-refractivity contribution < 1.29 is 8.42 Å². The Balaban J connectivity index is 2.43. The van der Waals surface area contributed by atoms with Gasteiger partial charge in [-0.05, 0) is 40.5 Å². The number of nitrogens with two attached hydrogens (primary N) is 1. The summed E-state index contributed by atoms with van der Waals surface area (Å²) in [6.45, 7) is 1.67. The molecule has 0 fully saturated rings. The van der Waals surface area contributed by atoms with Crippen molar-refractivity contribution in [3.8, 4) is 0 Å². The average Bonchev–Trinajstić information content (AvgIpc) is 2.33. The quantitative estimate of drug-likeness (QED) is 0.633. The van der Waals surface area contributed by atoms with Crippen LogP contribution in [-0.2, 0) is 10.0 Å². The molecule has 1 heterocycles. The number of aryl methyl sites for hydroxylation is 1. The number of benzene rings is 1. The van der Waals surface area contributed by atoms with E-state index >= 15 is 0 Å². The first-order valence-electron chi connectivity index (χ1n) is 5.35. The highest BCUT2D eigenvalue weighted by atomic mass is 79.9. The van der Waals surface area contributed by atoms with Crippen LogP contribution in [0, 0.1) is 6.92 Å². The summed E-state index contributed by atoms with van der Waals surface area (Å²) >= 11 is 8.93. The summed E-state index contributed by atoms with van der Waals surface area (Å²) in [7, 11) is -3.80. The van der Waals surface area contributed by atoms with Gasteiger partial charge in [-0.1, -0.05) is 11.6 Å². The van der Waals surface area contributed by atoms with E-state index in [9.17, 15) is 8.42 Å². The van der Waals surface area contributed by atoms with Crippen LogP contribution in [-0.4, -0.2) is 18.4 Å². The lowest BCUT2D eigenvalue weighted by Gasteiger charge is -2.11. The number of sulfonamides is 1. The fraction of sp³-hybridized carbons (Fsp3) is 0.0909. The van der Waals surface area contributed by atoms with Gasteiger partial charge in [-0.15, -0.1) is 0 Å². The summed E-state index contributed by atoms with van der Waals surface area (Å²) in [5, 5.41) is 0.143. The molecule has 1 aromatic heterocycles. The standard InChI is InChI=1S/C11H10BrClN4O2S/c1-6-2-7(12)8(14)3-9(6)20(18,19)17-11-4-10(13)15-5-16-11/h2-5H,14H2,1H3,(H,15,16,17). The smallest absolute Gasteiger partial charge is 0.263 e. The molecule has 0 unspecified atom stereocenters. The second-order valence-electron chi connectivity index (χ2n) is 3.97. The van der Waals surface area contributed by atoms with Gasteiger partial charge in [0.25, 0.3) is 10.0 Å². The van der Waals surface area contributed by atoms with Crippen LogP contribution in [0.1, 0.15) is 5.56 Å². The van der Waals surface area contributed by atoms with Gasteiger partial charge >= 0.3 is 0 Å². The van der Waals surface area contributed by atoms with Gasteiger partial charge in [-0.2, -0.15) is 0 Å². The second-order valence-corrected chi connectivity index (χ2v) is 6.86. The van der Waals surface area contributed by atoms with E-state index in [1.54, 1.807) is 13.0 Å². The first kappa shape index (κ1) is 15.0. The Morgan fingerprint density at radius 1 is 1.30 bits per heavy atom. The molecule has 0 aliphatic rings. The van der Waals surface area contributed by atoms with Gasteiger partial charge < -0.3 is 5.73 Å². The molecule has 0 atom stereocenters. The van der Waals surface area contributed by atoms with Gasteiger partial charge in [0.2, 0.25) is 0 Å². The number of hydrogen-bond donors (Lipinski definition) is 2. The highest BCUT2D eigenvalue weighted by Gasteiger charge is 2.19. The first-order chi connectivity index (χ1) is 9.29. The number of halogens is 2. The zero-order chi connectivity index (χ0) is 14.9. The number of nitrogens with zero attached hydrogens (tertiary/aromatic N) is 2. The van der Waals surface area contributed by atoms with Crippen molar-refractivity contribution >= 4 is 49.1 Å². The van der Waals surface area contributed by atoms with Crippen molar-refractivity contribution in [2.75, 3.05) is 10.5 Å². The van der Waals surface area contributed by atoms with Crippen molar-refractivity contribution in [1.82, 2.24) is 9.97 Å². The van der Waals surface area contributed by atoms with Crippen LogP contribution in [0.25, 0.3) is 0 Å². The van der Waals surface area contributed by atoms with Crippen molar-refractivity contribution in [1.29, 1.82) is 0 Å². The topological polar surface area (TPSA) is 98.0 Å². The van der Waals surface area contributed by atoms with Crippen molar-refractivity contribution in [2.45, 2.75) is 11.8 Å². The SMILES string of the molecule is Cc1cc(Br)c(N)cc1S(=O)(=O)Nc1cc(Cl)ncn1. The number of anilines is 2. The van der Waals surface area contributed by atoms with Crippen LogP contribution >= 0.6 is 27.5 Å². The molecule has 0 amide bonds. The van der Waals surface area contributed by atoms with Crippen LogP contribution in [0.5, 0.6) is 0 Å². The number of nitrogen functional groups attached to an aromatic ring is 1. The second kappa shape index (κ2) is 5.55. The lowest BCUT2D eigenvalue weighted by Crippen LogP contribution is -2.15. The molecule has 9 heteroatoms. The van der Waals surface area contributed by atoms with Crippen molar-refractivity contribution in [2.24, 2.45) is 0 Å². The summed E-state index contributed by atoms with van der Waals surface area (Å²) in [5.74, 6) is 0.0888. The summed E-state index contributed by atoms with van der Waals surface area (Å²) in [6.07, 6.45) is 1.17. The predicted octanol–water partition coefficient (Wildman–Crippen LogP) is 2.58. The van der Waals surface area contributed by atoms with Gasteiger partial charge in [0.1, 0.15) is 17.3 Å². The van der Waals surface area contributed by atoms with Crippen molar-refractivity contribution in [3.63, 3.8) is 0 Å². The van der Waals surface area contributed by atoms with E-state index in [-0.39, 0.29) is 15.9 Å². The molecule has 0 aliphatic heterocycles. The minimum absolute atomic E-state index is 0.0768. The summed E-state index contributed by atoms with van der Waals surface area (Å²) < 4.78 is 27.6. The van der Waals surface area contributed by atoms with Gasteiger partial charge in [0, 0.05) is 16.2 Å². The molecular weight excluding hydrogens is 368 g/mol. The van der Waals surface area contributed by atoms with E-state index in [4.69, 9.17) is 17.3 Å². The molecule has 0 spiro atoms. The van der Waals surface area contributed by atoms with E-state index < -0.39 is 10.0 Å². The van der Waals surface area contributed by atoms with Gasteiger partial charge in [-0.3, -0.25) is 4.72 Å². The molecule has 106 valence electrons. The normalized spacial score (nSPS) is 11.3. The number of rotatable bonds is 3. The number of aromatic nitrogens is 2. The average molecular weight is 378 g/mol. The number of hydrogen-bond acceptors (Lipinski definition) is 5. The zero-order valence-corrected chi connectivity index (χ0v) is 13.4. The van der Waals surface area contributed by atoms with E-state index in [1.807, 2.05) is 0 Å². The van der Waals surface area contributed by atoms with Crippen LogP contribution < -0.4 is 10.5 Å². The van der Waals surface area contributed by atoms with E-state index in [0.29, 0.717) is 15.7 Å². The Morgan fingerprint density at radius 2 is 2.00 bits per heavy atom. The molecule has 20 heavy (non-hydrogen) atoms. The lowest BCUT2D eigenvalue weighted by atomic mass is 10.2. The molecule has 6 nitrogen and oxygen atoms in total. The fourth-order valence-corrected chi connectivity index (χ4v) is 3.41. The highest BCUT2D eigenvalue weighted by molar-refractivity contribution is 9.10. The summed E-state index contributed by atoms with van der Waals surface area (Å²) in [6, 6.07) is 4.33. The molecule has 0 bridgehead atoms. The van der Waals surface area contributed by atoms with Crippen LogP contribution in [0.4, 0.5) is 11.5 Å². The molecule has 0 aliphatic carbocycles. The van der Waals surface area contributed by atoms with Gasteiger partial charge in [-0.25, -0.2) is 18.4 Å². The highest BCUT2D eigenvalue weighted by Crippen LogP contribution is 2.27. The first-order valence-corrected chi connectivity index (χ1v) is 8.01. The molecular formula is C11H10BrClN4O2S. The fourth-order valence-electron chi connectivity index (χ4n) is 1.54. The molecule has 0 radical (unpaired) electrons. The summed E-state index contributed by atoms with van der Waals surface area (Å²) in [4.78, 5) is 7.55. The Bertz CT molecular complexity index is 767. The monoisotopic (exact) mass is 376 g/mol. The van der Waals surface area contributed by atoms with Gasteiger partial charge in [0.15, 0.2) is 0 Å².